The van der Waals surface area contributed by atoms with E-state index in [0.29, 0.717) is 5.76 Å². The van der Waals surface area contributed by atoms with E-state index in [2.05, 4.69) is 5.32 Å². The molecule has 2 amide bonds. The molecule has 29 heavy (non-hydrogen) atoms. The molecule has 1 aromatic heterocycles. The molecule has 0 saturated carbocycles. The zero-order valence-electron chi connectivity index (χ0n) is 15.6. The number of furan rings is 1. The maximum absolute atomic E-state index is 14.1. The van der Waals surface area contributed by atoms with Crippen LogP contribution in [-0.4, -0.2) is 41.6 Å². The standard InChI is InChI=1S/C20H19FN2O6/c1-12(24)22-14-4-5-16(17(21)8-14)18(25)11-29-20(27)13-7-19(26)23(9-13)10-15-3-2-6-28-15/h2-6,8,13H,7,9-11H2,1H3,(H,22,24)/t13-/m0/s1. The van der Waals surface area contributed by atoms with E-state index in [1.807, 2.05) is 0 Å². The number of esters is 1. The number of ether oxygens (including phenoxy) is 1. The van der Waals surface area contributed by atoms with E-state index in [0.717, 1.165) is 6.07 Å². The molecule has 8 nitrogen and oxygen atoms in total. The van der Waals surface area contributed by atoms with Gasteiger partial charge in [-0.05, 0) is 30.3 Å². The summed E-state index contributed by atoms with van der Waals surface area (Å²) < 4.78 is 24.3. The van der Waals surface area contributed by atoms with Crippen LogP contribution in [0.1, 0.15) is 29.5 Å². The average molecular weight is 402 g/mol. The number of rotatable bonds is 7. The van der Waals surface area contributed by atoms with Gasteiger partial charge in [0.15, 0.2) is 6.61 Å². The maximum Gasteiger partial charge on any atom is 0.311 e. The summed E-state index contributed by atoms with van der Waals surface area (Å²) in [6.45, 7) is 1.05. The summed E-state index contributed by atoms with van der Waals surface area (Å²) >= 11 is 0. The molecular formula is C20H19FN2O6. The van der Waals surface area contributed by atoms with Crippen molar-refractivity contribution in [3.63, 3.8) is 0 Å². The largest absolute Gasteiger partial charge is 0.467 e. The quantitative estimate of drug-likeness (QED) is 0.562. The SMILES string of the molecule is CC(=O)Nc1ccc(C(=O)COC(=O)[C@H]2CC(=O)N(Cc3ccco3)C2)c(F)c1. The van der Waals surface area contributed by atoms with Crippen LogP contribution in [0.15, 0.2) is 41.0 Å². The number of nitrogens with zero attached hydrogens (tertiary/aromatic N) is 1. The van der Waals surface area contributed by atoms with Gasteiger partial charge < -0.3 is 19.4 Å². The number of hydrogen-bond donors (Lipinski definition) is 1. The highest BCUT2D eigenvalue weighted by molar-refractivity contribution is 5.99. The number of ketones is 1. The number of nitrogens with one attached hydrogen (secondary N) is 1. The molecule has 1 aromatic carbocycles. The monoisotopic (exact) mass is 402 g/mol. The Kier molecular flexibility index (Phi) is 6.06. The van der Waals surface area contributed by atoms with Crippen molar-refractivity contribution >= 4 is 29.3 Å². The summed E-state index contributed by atoms with van der Waals surface area (Å²) in [5, 5.41) is 2.40. The van der Waals surface area contributed by atoms with E-state index in [4.69, 9.17) is 9.15 Å². The van der Waals surface area contributed by atoms with Crippen LogP contribution in [0.3, 0.4) is 0 Å². The van der Waals surface area contributed by atoms with Gasteiger partial charge in [-0.1, -0.05) is 0 Å². The van der Waals surface area contributed by atoms with Crippen molar-refractivity contribution in [1.82, 2.24) is 4.90 Å². The van der Waals surface area contributed by atoms with Crippen molar-refractivity contribution in [2.75, 3.05) is 18.5 Å². The molecular weight excluding hydrogens is 383 g/mol. The maximum atomic E-state index is 14.1. The van der Waals surface area contributed by atoms with Crippen LogP contribution < -0.4 is 5.32 Å². The van der Waals surface area contributed by atoms with E-state index < -0.39 is 30.1 Å². The van der Waals surface area contributed by atoms with Gasteiger partial charge in [-0.2, -0.15) is 0 Å². The molecule has 2 aromatic rings. The van der Waals surface area contributed by atoms with Gasteiger partial charge in [0, 0.05) is 25.6 Å². The number of benzene rings is 1. The molecule has 0 bridgehead atoms. The van der Waals surface area contributed by atoms with E-state index in [1.165, 1.54) is 30.2 Å². The number of carbonyl (C=O) groups is 4. The third-order valence-electron chi connectivity index (χ3n) is 4.41. The number of amides is 2. The van der Waals surface area contributed by atoms with Gasteiger partial charge >= 0.3 is 5.97 Å². The van der Waals surface area contributed by atoms with Crippen LogP contribution in [0, 0.1) is 11.7 Å². The van der Waals surface area contributed by atoms with Gasteiger partial charge in [-0.25, -0.2) is 4.39 Å². The molecule has 3 rings (SSSR count). The number of carbonyl (C=O) groups excluding carboxylic acids is 4. The second kappa shape index (κ2) is 8.68. The Bertz CT molecular complexity index is 940. The minimum atomic E-state index is -0.835. The summed E-state index contributed by atoms with van der Waals surface area (Å²) in [4.78, 5) is 48.9. The van der Waals surface area contributed by atoms with E-state index in [1.54, 1.807) is 12.1 Å². The second-order valence-electron chi connectivity index (χ2n) is 6.66. The number of hydrogen-bond acceptors (Lipinski definition) is 6. The molecule has 1 atom stereocenters. The Hall–Kier alpha value is -3.49. The predicted octanol–water partition coefficient (Wildman–Crippen LogP) is 2.15. The van der Waals surface area contributed by atoms with Crippen LogP contribution in [0.5, 0.6) is 0 Å². The third kappa shape index (κ3) is 5.07. The molecule has 9 heteroatoms. The predicted molar refractivity (Wildman–Crippen MR) is 98.2 cm³/mol. The Balaban J connectivity index is 1.53. The minimum Gasteiger partial charge on any atom is -0.467 e. The van der Waals surface area contributed by atoms with Gasteiger partial charge in [-0.15, -0.1) is 0 Å². The summed E-state index contributed by atoms with van der Waals surface area (Å²) in [7, 11) is 0. The van der Waals surface area contributed by atoms with Crippen LogP contribution in [-0.2, 0) is 25.7 Å². The molecule has 1 fully saturated rings. The van der Waals surface area contributed by atoms with E-state index >= 15 is 0 Å². The number of likely N-dealkylation sites (tertiary alicyclic amines) is 1. The zero-order chi connectivity index (χ0) is 21.0. The molecule has 152 valence electrons. The summed E-state index contributed by atoms with van der Waals surface area (Å²) in [6, 6.07) is 7.03. The van der Waals surface area contributed by atoms with Crippen LogP contribution in [0.25, 0.3) is 0 Å². The summed E-state index contributed by atoms with van der Waals surface area (Å²) in [5.74, 6) is -2.93. The second-order valence-corrected chi connectivity index (χ2v) is 6.66. The van der Waals surface area contributed by atoms with Crippen molar-refractivity contribution < 1.29 is 32.7 Å². The number of Topliss-reactive ketones (excluding diaryl/α,β-unsaturated/α-hetero) is 1. The molecule has 0 unspecified atom stereocenters. The molecule has 0 aliphatic carbocycles. The van der Waals surface area contributed by atoms with Crippen LogP contribution in [0.4, 0.5) is 10.1 Å². The van der Waals surface area contributed by atoms with Gasteiger partial charge in [0.05, 0.1) is 24.3 Å². The average Bonchev–Trinajstić information content (AvgIpc) is 3.29. The summed E-state index contributed by atoms with van der Waals surface area (Å²) in [6.07, 6.45) is 1.47. The molecule has 0 spiro atoms. The van der Waals surface area contributed by atoms with Gasteiger partial charge in [-0.3, -0.25) is 19.2 Å². The lowest BCUT2D eigenvalue weighted by Gasteiger charge is -2.14. The first-order valence-corrected chi connectivity index (χ1v) is 8.90. The van der Waals surface area contributed by atoms with Crippen molar-refractivity contribution in [2.24, 2.45) is 5.92 Å². The third-order valence-corrected chi connectivity index (χ3v) is 4.41. The first kappa shape index (κ1) is 20.2. The fourth-order valence-electron chi connectivity index (χ4n) is 3.03. The lowest BCUT2D eigenvalue weighted by molar-refractivity contribution is -0.147. The van der Waals surface area contributed by atoms with Gasteiger partial charge in [0.2, 0.25) is 17.6 Å². The van der Waals surface area contributed by atoms with Crippen molar-refractivity contribution in [3.8, 4) is 0 Å². The molecule has 1 N–H and O–H groups in total. The number of halogens is 1. The fraction of sp³-hybridized carbons (Fsp3) is 0.300. The first-order chi connectivity index (χ1) is 13.8. The molecule has 2 heterocycles. The number of anilines is 1. The minimum absolute atomic E-state index is 0.0203. The normalized spacial score (nSPS) is 16.0. The highest BCUT2D eigenvalue weighted by Crippen LogP contribution is 2.22. The highest BCUT2D eigenvalue weighted by Gasteiger charge is 2.36. The molecule has 1 saturated heterocycles. The topological polar surface area (TPSA) is 106 Å². The molecule has 0 radical (unpaired) electrons. The van der Waals surface area contributed by atoms with Crippen LogP contribution >= 0.6 is 0 Å². The Labute approximate surface area is 165 Å². The molecule has 1 aliphatic heterocycles. The first-order valence-electron chi connectivity index (χ1n) is 8.90. The van der Waals surface area contributed by atoms with E-state index in [9.17, 15) is 23.6 Å². The smallest absolute Gasteiger partial charge is 0.311 e. The summed E-state index contributed by atoms with van der Waals surface area (Å²) in [5.41, 5.74) is -0.0430. The van der Waals surface area contributed by atoms with Gasteiger partial charge in [0.1, 0.15) is 11.6 Å². The lowest BCUT2D eigenvalue weighted by Crippen LogP contribution is -2.27. The highest BCUT2D eigenvalue weighted by atomic mass is 19.1. The van der Waals surface area contributed by atoms with Crippen molar-refractivity contribution in [1.29, 1.82) is 0 Å². The zero-order valence-corrected chi connectivity index (χ0v) is 15.6. The van der Waals surface area contributed by atoms with Crippen molar-refractivity contribution in [2.45, 2.75) is 19.9 Å². The Morgan fingerprint density at radius 1 is 1.31 bits per heavy atom. The lowest BCUT2D eigenvalue weighted by atomic mass is 10.1. The van der Waals surface area contributed by atoms with E-state index in [-0.39, 0.29) is 42.6 Å². The van der Waals surface area contributed by atoms with Crippen molar-refractivity contribution in [3.05, 3.63) is 53.7 Å². The Morgan fingerprint density at radius 2 is 2.10 bits per heavy atom. The Morgan fingerprint density at radius 3 is 2.76 bits per heavy atom. The van der Waals surface area contributed by atoms with Gasteiger partial charge in [0.25, 0.3) is 0 Å². The van der Waals surface area contributed by atoms with Crippen LogP contribution in [0.2, 0.25) is 0 Å². The fourth-order valence-corrected chi connectivity index (χ4v) is 3.03. The molecule has 1 aliphatic rings.